The fraction of sp³-hybridized carbons (Fsp3) is 0.143. The molecule has 1 N–H and O–H groups in total. The van der Waals surface area contributed by atoms with Crippen LogP contribution in [-0.2, 0) is 14.9 Å². The van der Waals surface area contributed by atoms with Gasteiger partial charge in [0.1, 0.15) is 5.82 Å². The van der Waals surface area contributed by atoms with E-state index in [0.29, 0.717) is 0 Å². The quantitative estimate of drug-likeness (QED) is 0.738. The molecular weight excluding hydrogens is 197 g/mol. The van der Waals surface area contributed by atoms with E-state index >= 15 is 0 Å². The molecule has 0 amide bonds. The average molecular weight is 205 g/mol. The minimum Gasteiger partial charge on any atom is -0.290 e. The molecule has 0 radical (unpaired) electrons. The predicted octanol–water partition coefficient (Wildman–Crippen LogP) is 0.665. The summed E-state index contributed by atoms with van der Waals surface area (Å²) >= 11 is 0. The molecule has 0 atom stereocenters. The van der Waals surface area contributed by atoms with Crippen molar-refractivity contribution < 1.29 is 17.6 Å². The lowest BCUT2D eigenvalue weighted by Gasteiger charge is -2.03. The van der Waals surface area contributed by atoms with Crippen LogP contribution in [0.3, 0.4) is 0 Å². The third-order valence-electron chi connectivity index (χ3n) is 1.30. The number of hydrogen-bond donors (Lipinski definition) is 1. The molecule has 1 aromatic carbocycles. The smallest absolute Gasteiger partial charge is 0.262 e. The Morgan fingerprint density at radius 2 is 2.15 bits per heavy atom. The normalized spacial score (nSPS) is 11.5. The van der Waals surface area contributed by atoms with E-state index in [-0.39, 0.29) is 4.90 Å². The highest BCUT2D eigenvalue weighted by Gasteiger charge is 2.13. The van der Waals surface area contributed by atoms with Gasteiger partial charge in [0.05, 0.1) is 12.0 Å². The zero-order valence-corrected chi connectivity index (χ0v) is 7.64. The van der Waals surface area contributed by atoms with Gasteiger partial charge in [-0.25, -0.2) is 12.8 Å². The van der Waals surface area contributed by atoms with Crippen molar-refractivity contribution in [3.63, 3.8) is 0 Å². The third-order valence-corrected chi connectivity index (χ3v) is 2.56. The maximum atomic E-state index is 12.6. The Bertz CT molecular complexity index is 390. The van der Waals surface area contributed by atoms with Crippen LogP contribution in [0, 0.1) is 5.82 Å². The molecule has 0 aliphatic heterocycles. The lowest BCUT2D eigenvalue weighted by molar-refractivity contribution is 0.153. The molecule has 0 bridgehead atoms. The predicted molar refractivity (Wildman–Crippen MR) is 43.7 cm³/mol. The van der Waals surface area contributed by atoms with E-state index in [9.17, 15) is 12.8 Å². The molecule has 1 aromatic rings. The summed E-state index contributed by atoms with van der Waals surface area (Å²) in [7, 11) is -2.58. The van der Waals surface area contributed by atoms with Crippen LogP contribution < -0.4 is 4.89 Å². The Morgan fingerprint density at radius 1 is 1.46 bits per heavy atom. The Labute approximate surface area is 75.3 Å². The number of benzene rings is 1. The van der Waals surface area contributed by atoms with Crippen molar-refractivity contribution >= 4 is 10.0 Å². The molecule has 0 spiro atoms. The van der Waals surface area contributed by atoms with Gasteiger partial charge in [0.25, 0.3) is 10.0 Å². The maximum absolute atomic E-state index is 12.6. The van der Waals surface area contributed by atoms with Gasteiger partial charge in [0.2, 0.25) is 0 Å². The average Bonchev–Trinajstić information content (AvgIpc) is 2.04. The number of sulfonamides is 1. The van der Waals surface area contributed by atoms with Gasteiger partial charge in [0, 0.05) is 0 Å². The summed E-state index contributed by atoms with van der Waals surface area (Å²) in [6.45, 7) is 0. The molecule has 13 heavy (non-hydrogen) atoms. The molecule has 0 heterocycles. The van der Waals surface area contributed by atoms with Gasteiger partial charge in [-0.3, -0.25) is 4.84 Å². The molecule has 72 valence electrons. The minimum absolute atomic E-state index is 0.172. The van der Waals surface area contributed by atoms with E-state index in [2.05, 4.69) is 4.84 Å². The summed E-state index contributed by atoms with van der Waals surface area (Å²) < 4.78 is 35.0. The van der Waals surface area contributed by atoms with E-state index in [1.807, 2.05) is 0 Å². The van der Waals surface area contributed by atoms with Crippen LogP contribution in [-0.4, -0.2) is 15.5 Å². The highest BCUT2D eigenvalue weighted by Crippen LogP contribution is 2.09. The lowest BCUT2D eigenvalue weighted by Crippen LogP contribution is -2.22. The molecule has 0 aromatic heterocycles. The second-order valence-corrected chi connectivity index (χ2v) is 3.89. The van der Waals surface area contributed by atoms with E-state index in [1.54, 1.807) is 4.89 Å². The zero-order valence-electron chi connectivity index (χ0n) is 6.82. The molecule has 0 unspecified atom stereocenters. The van der Waals surface area contributed by atoms with Crippen LogP contribution in [0.1, 0.15) is 0 Å². The highest BCUT2D eigenvalue weighted by atomic mass is 32.2. The Kier molecular flexibility index (Phi) is 2.97. The summed E-state index contributed by atoms with van der Waals surface area (Å²) in [6, 6.07) is 4.64. The second kappa shape index (κ2) is 3.82. The summed E-state index contributed by atoms with van der Waals surface area (Å²) in [5, 5.41) is 0. The minimum atomic E-state index is -3.75. The molecule has 0 aliphatic carbocycles. The van der Waals surface area contributed by atoms with Gasteiger partial charge in [-0.05, 0) is 18.2 Å². The third kappa shape index (κ3) is 2.48. The second-order valence-electron chi connectivity index (χ2n) is 2.25. The Balaban J connectivity index is 3.08. The van der Waals surface area contributed by atoms with E-state index in [4.69, 9.17) is 0 Å². The van der Waals surface area contributed by atoms with E-state index < -0.39 is 15.8 Å². The fourth-order valence-electron chi connectivity index (χ4n) is 0.792. The molecule has 0 saturated carbocycles. The largest absolute Gasteiger partial charge is 0.290 e. The standard InChI is InChI=1S/C7H8FNO3S/c1-12-9-13(10,11)7-4-2-3-6(8)5-7/h2-5,9H,1H3. The van der Waals surface area contributed by atoms with Crippen molar-refractivity contribution in [2.24, 2.45) is 0 Å². The Hall–Kier alpha value is -0.980. The van der Waals surface area contributed by atoms with Gasteiger partial charge >= 0.3 is 0 Å². The van der Waals surface area contributed by atoms with Gasteiger partial charge < -0.3 is 0 Å². The number of rotatable bonds is 3. The molecule has 0 fully saturated rings. The van der Waals surface area contributed by atoms with Crippen molar-refractivity contribution in [3.05, 3.63) is 30.1 Å². The van der Waals surface area contributed by atoms with Gasteiger partial charge in [-0.1, -0.05) is 11.0 Å². The van der Waals surface area contributed by atoms with Crippen molar-refractivity contribution in [3.8, 4) is 0 Å². The van der Waals surface area contributed by atoms with Gasteiger partial charge in [0.15, 0.2) is 0 Å². The van der Waals surface area contributed by atoms with Crippen LogP contribution in [0.5, 0.6) is 0 Å². The first-order valence-electron chi connectivity index (χ1n) is 3.36. The molecule has 0 saturated heterocycles. The van der Waals surface area contributed by atoms with Crippen molar-refractivity contribution in [1.29, 1.82) is 0 Å². The van der Waals surface area contributed by atoms with Gasteiger partial charge in [-0.2, -0.15) is 0 Å². The van der Waals surface area contributed by atoms with Crippen LogP contribution in [0.25, 0.3) is 0 Å². The van der Waals surface area contributed by atoms with Crippen molar-refractivity contribution in [2.45, 2.75) is 4.90 Å². The zero-order chi connectivity index (χ0) is 9.90. The SMILES string of the molecule is CONS(=O)(=O)c1cccc(F)c1. The maximum Gasteiger partial charge on any atom is 0.262 e. The first kappa shape index (κ1) is 10.1. The summed E-state index contributed by atoms with van der Waals surface area (Å²) in [6.07, 6.45) is 0. The first-order valence-corrected chi connectivity index (χ1v) is 4.85. The van der Waals surface area contributed by atoms with Gasteiger partial charge in [-0.15, -0.1) is 0 Å². The summed E-state index contributed by atoms with van der Waals surface area (Å²) in [4.78, 5) is 5.84. The van der Waals surface area contributed by atoms with Crippen molar-refractivity contribution in [1.82, 2.24) is 4.89 Å². The summed E-state index contributed by atoms with van der Waals surface area (Å²) in [5.41, 5.74) is 0. The van der Waals surface area contributed by atoms with Crippen LogP contribution in [0.15, 0.2) is 29.2 Å². The van der Waals surface area contributed by atoms with E-state index in [0.717, 1.165) is 19.2 Å². The lowest BCUT2D eigenvalue weighted by atomic mass is 10.4. The molecule has 6 heteroatoms. The first-order chi connectivity index (χ1) is 6.06. The van der Waals surface area contributed by atoms with Crippen LogP contribution in [0.4, 0.5) is 4.39 Å². The monoisotopic (exact) mass is 205 g/mol. The topological polar surface area (TPSA) is 55.4 Å². The fourth-order valence-corrected chi connectivity index (χ4v) is 1.63. The molecule has 0 aliphatic rings. The van der Waals surface area contributed by atoms with Crippen molar-refractivity contribution in [2.75, 3.05) is 7.11 Å². The number of hydrogen-bond acceptors (Lipinski definition) is 3. The number of nitrogens with one attached hydrogen (secondary N) is 1. The summed E-state index contributed by atoms with van der Waals surface area (Å²) in [5.74, 6) is -0.612. The van der Waals surface area contributed by atoms with Crippen LogP contribution >= 0.6 is 0 Å². The number of halogens is 1. The highest BCUT2D eigenvalue weighted by molar-refractivity contribution is 7.89. The van der Waals surface area contributed by atoms with Crippen LogP contribution in [0.2, 0.25) is 0 Å². The van der Waals surface area contributed by atoms with E-state index in [1.165, 1.54) is 12.1 Å². The molecule has 4 nitrogen and oxygen atoms in total. The molecular formula is C7H8FNO3S. The molecule has 1 rings (SSSR count). The Morgan fingerprint density at radius 3 is 2.69 bits per heavy atom.